The summed E-state index contributed by atoms with van der Waals surface area (Å²) in [6.45, 7) is 10.6. The smallest absolute Gasteiger partial charge is 0.262 e. The van der Waals surface area contributed by atoms with E-state index in [0.29, 0.717) is 11.1 Å². The van der Waals surface area contributed by atoms with Crippen molar-refractivity contribution >= 4 is 37.0 Å². The molecule has 0 saturated heterocycles. The number of hydrogen-bond acceptors (Lipinski definition) is 5. The molecule has 0 radical (unpaired) electrons. The first kappa shape index (κ1) is 26.1. The topological polar surface area (TPSA) is 63.7 Å². The molecule has 0 aromatic heterocycles. The van der Waals surface area contributed by atoms with E-state index >= 15 is 0 Å². The number of carbonyl (C=O) groups excluding carboxylic acids is 3. The van der Waals surface area contributed by atoms with Gasteiger partial charge in [0.05, 0.1) is 17.2 Å². The van der Waals surface area contributed by atoms with Crippen LogP contribution in [0.5, 0.6) is 0 Å². The van der Waals surface area contributed by atoms with Crippen LogP contribution in [0.25, 0.3) is 0 Å². The molecule has 186 valence electrons. The van der Waals surface area contributed by atoms with Gasteiger partial charge < -0.3 is 4.43 Å². The Kier molecular flexibility index (Phi) is 7.36. The normalized spacial score (nSPS) is 15.5. The molecule has 0 fully saturated rings. The molecule has 1 heterocycles. The molecule has 1 aliphatic rings. The fraction of sp³-hybridized carbons (Fsp3) is 0.276. The largest absolute Gasteiger partial charge is 0.407 e. The number of imide groups is 1. The number of carbonyl (C=O) groups is 3. The van der Waals surface area contributed by atoms with Gasteiger partial charge in [-0.25, -0.2) is 0 Å². The van der Waals surface area contributed by atoms with Crippen LogP contribution in [-0.2, 0) is 9.22 Å². The predicted octanol–water partition coefficient (Wildman–Crippen LogP) is 6.73. The maximum atomic E-state index is 14.0. The van der Waals surface area contributed by atoms with E-state index in [4.69, 9.17) is 4.43 Å². The predicted molar refractivity (Wildman–Crippen MR) is 146 cm³/mol. The minimum atomic E-state index is -2.44. The van der Waals surface area contributed by atoms with Gasteiger partial charge in [-0.3, -0.25) is 19.3 Å². The van der Waals surface area contributed by atoms with Crippen LogP contribution >= 0.6 is 11.8 Å². The Balaban J connectivity index is 1.85. The average Bonchev–Trinajstić information content (AvgIpc) is 3.09. The van der Waals surface area contributed by atoms with Crippen molar-refractivity contribution in [2.45, 2.75) is 55.9 Å². The fourth-order valence-corrected chi connectivity index (χ4v) is 6.07. The van der Waals surface area contributed by atoms with Gasteiger partial charge in [0, 0.05) is 4.90 Å². The molecule has 4 rings (SSSR count). The van der Waals surface area contributed by atoms with Gasteiger partial charge in [0.1, 0.15) is 6.04 Å². The molecule has 0 aliphatic carbocycles. The van der Waals surface area contributed by atoms with Crippen molar-refractivity contribution in [2.24, 2.45) is 0 Å². The molecule has 1 unspecified atom stereocenters. The first-order valence-electron chi connectivity index (χ1n) is 12.0. The van der Waals surface area contributed by atoms with Gasteiger partial charge >= 0.3 is 0 Å². The maximum absolute atomic E-state index is 14.0. The number of rotatable bonds is 7. The van der Waals surface area contributed by atoms with Gasteiger partial charge in [-0.05, 0) is 59.7 Å². The summed E-state index contributed by atoms with van der Waals surface area (Å²) < 4.78 is 6.88. The molecular formula is C29H31NO4SSi. The van der Waals surface area contributed by atoms with E-state index in [-0.39, 0.29) is 10.2 Å². The summed E-state index contributed by atoms with van der Waals surface area (Å²) in [4.78, 5) is 43.1. The van der Waals surface area contributed by atoms with E-state index < -0.39 is 32.3 Å². The number of hydrogen-bond donors (Lipinski definition) is 0. The Morgan fingerprint density at radius 3 is 1.78 bits per heavy atom. The van der Waals surface area contributed by atoms with Gasteiger partial charge in [0.2, 0.25) is 5.12 Å². The van der Waals surface area contributed by atoms with E-state index in [0.717, 1.165) is 27.1 Å². The van der Waals surface area contributed by atoms with E-state index in [1.165, 1.54) is 0 Å². The van der Waals surface area contributed by atoms with E-state index in [1.807, 2.05) is 60.7 Å². The van der Waals surface area contributed by atoms with Gasteiger partial charge in [-0.1, -0.05) is 81.4 Å². The zero-order chi connectivity index (χ0) is 26.1. The Morgan fingerprint density at radius 2 is 1.28 bits per heavy atom. The molecule has 2 atom stereocenters. The first-order valence-corrected chi connectivity index (χ1v) is 15.7. The van der Waals surface area contributed by atoms with Crippen molar-refractivity contribution < 1.29 is 18.8 Å². The molecule has 3 aromatic rings. The quantitative estimate of drug-likeness (QED) is 0.197. The van der Waals surface area contributed by atoms with E-state index in [9.17, 15) is 14.4 Å². The summed E-state index contributed by atoms with van der Waals surface area (Å²) in [6, 6.07) is 24.3. The summed E-state index contributed by atoms with van der Waals surface area (Å²) in [6.07, 6.45) is -0.807. The second kappa shape index (κ2) is 10.2. The minimum absolute atomic E-state index is 0.151. The third kappa shape index (κ3) is 5.09. The highest BCUT2D eigenvalue weighted by Gasteiger charge is 2.50. The van der Waals surface area contributed by atoms with Crippen molar-refractivity contribution in [1.29, 1.82) is 0 Å². The number of nitrogens with zero attached hydrogens (tertiary/aromatic N) is 1. The van der Waals surface area contributed by atoms with Gasteiger partial charge in [-0.2, -0.15) is 0 Å². The second-order valence-electron chi connectivity index (χ2n) is 10.4. The zero-order valence-corrected chi connectivity index (χ0v) is 23.0. The summed E-state index contributed by atoms with van der Waals surface area (Å²) in [5.41, 5.74) is 1.37. The molecule has 1 aliphatic heterocycles. The second-order valence-corrected chi connectivity index (χ2v) is 16.2. The summed E-state index contributed by atoms with van der Waals surface area (Å²) in [5.74, 6) is -0.940. The van der Waals surface area contributed by atoms with Gasteiger partial charge in [-0.15, -0.1) is 0 Å². The summed E-state index contributed by atoms with van der Waals surface area (Å²) in [5, 5.41) is -0.467. The van der Waals surface area contributed by atoms with E-state index in [1.54, 1.807) is 24.3 Å². The third-order valence-electron chi connectivity index (χ3n) is 6.95. The van der Waals surface area contributed by atoms with Crippen LogP contribution in [-0.4, -0.2) is 36.2 Å². The highest BCUT2D eigenvalue weighted by molar-refractivity contribution is 8.13. The minimum Gasteiger partial charge on any atom is -0.407 e. The maximum Gasteiger partial charge on any atom is 0.262 e. The SMILES string of the molecule is CC(C)(C)[Si](C)(C)O[C@H](c1ccccc1)C(C(=O)Sc1ccccc1)N1C(=O)c2ccccc2C1=O. The molecule has 0 spiro atoms. The Hall–Kier alpha value is -3.00. The number of fused-ring (bicyclic) bond motifs is 1. The zero-order valence-electron chi connectivity index (χ0n) is 21.2. The van der Waals surface area contributed by atoms with Crippen LogP contribution in [0.4, 0.5) is 0 Å². The number of benzene rings is 3. The van der Waals surface area contributed by atoms with Crippen molar-refractivity contribution in [3.05, 3.63) is 102 Å². The number of thioether (sulfide) groups is 1. The molecule has 0 N–H and O–H groups in total. The molecule has 2 amide bonds. The lowest BCUT2D eigenvalue weighted by atomic mass is 10.0. The van der Waals surface area contributed by atoms with Crippen LogP contribution in [0.15, 0.2) is 89.8 Å². The van der Waals surface area contributed by atoms with Crippen LogP contribution < -0.4 is 0 Å². The van der Waals surface area contributed by atoms with Crippen molar-refractivity contribution in [2.75, 3.05) is 0 Å². The molecule has 3 aromatic carbocycles. The number of amides is 2. The average molecular weight is 518 g/mol. The molecule has 5 nitrogen and oxygen atoms in total. The van der Waals surface area contributed by atoms with Crippen LogP contribution in [0.2, 0.25) is 18.1 Å². The van der Waals surface area contributed by atoms with Crippen molar-refractivity contribution in [3.8, 4) is 0 Å². The van der Waals surface area contributed by atoms with E-state index in [2.05, 4.69) is 33.9 Å². The lowest BCUT2D eigenvalue weighted by molar-refractivity contribution is -0.117. The molecule has 36 heavy (non-hydrogen) atoms. The standard InChI is InChI=1S/C29H31NO4SSi/c1-29(2,3)36(4,5)34-25(20-14-8-6-9-15-20)24(28(33)35-21-16-10-7-11-17-21)30-26(31)22-18-12-13-19-23(22)27(30)32/h6-19,24-25H,1-5H3/t24?,25-/m1/s1. The van der Waals surface area contributed by atoms with Crippen molar-refractivity contribution in [3.63, 3.8) is 0 Å². The molecule has 7 heteroatoms. The van der Waals surface area contributed by atoms with Crippen molar-refractivity contribution in [1.82, 2.24) is 4.90 Å². The van der Waals surface area contributed by atoms with Crippen LogP contribution in [0, 0.1) is 0 Å². The summed E-state index contributed by atoms with van der Waals surface area (Å²) in [7, 11) is -2.44. The molecular weight excluding hydrogens is 486 g/mol. The Bertz CT molecular complexity index is 1240. The highest BCUT2D eigenvalue weighted by Crippen LogP contribution is 2.43. The Morgan fingerprint density at radius 1 is 0.806 bits per heavy atom. The first-order chi connectivity index (χ1) is 17.0. The monoisotopic (exact) mass is 517 g/mol. The fourth-order valence-electron chi connectivity index (χ4n) is 3.94. The molecule has 0 bridgehead atoms. The van der Waals surface area contributed by atoms with Crippen LogP contribution in [0.1, 0.15) is 53.2 Å². The Labute approximate surface area is 218 Å². The summed E-state index contributed by atoms with van der Waals surface area (Å²) >= 11 is 1.03. The third-order valence-corrected chi connectivity index (χ3v) is 12.4. The lowest BCUT2D eigenvalue weighted by Crippen LogP contribution is -2.52. The molecule has 0 saturated carbocycles. The van der Waals surface area contributed by atoms with Crippen LogP contribution in [0.3, 0.4) is 0 Å². The van der Waals surface area contributed by atoms with Gasteiger partial charge in [0.15, 0.2) is 8.32 Å². The lowest BCUT2D eigenvalue weighted by Gasteiger charge is -2.42. The highest BCUT2D eigenvalue weighted by atomic mass is 32.2. The van der Waals surface area contributed by atoms with Gasteiger partial charge in [0.25, 0.3) is 11.8 Å².